The summed E-state index contributed by atoms with van der Waals surface area (Å²) in [4.78, 5) is 33.7. The quantitative estimate of drug-likeness (QED) is 0.662. The van der Waals surface area contributed by atoms with Crippen LogP contribution in [0.5, 0.6) is 0 Å². The number of thiophene rings is 1. The summed E-state index contributed by atoms with van der Waals surface area (Å²) in [5, 5.41) is 6.41. The van der Waals surface area contributed by atoms with Crippen LogP contribution >= 0.6 is 11.3 Å². The number of aromatic nitrogens is 2. The van der Waals surface area contributed by atoms with Gasteiger partial charge in [-0.05, 0) is 6.92 Å². The van der Waals surface area contributed by atoms with Gasteiger partial charge in [0.1, 0.15) is 11.6 Å². The van der Waals surface area contributed by atoms with Crippen LogP contribution in [-0.2, 0) is 15.7 Å². The third-order valence-corrected chi connectivity index (χ3v) is 5.90. The Bertz CT molecular complexity index is 976. The van der Waals surface area contributed by atoms with Gasteiger partial charge >= 0.3 is 12.3 Å². The average molecular weight is 475 g/mol. The molecule has 0 saturated carbocycles. The number of methoxy groups -OCH3 is 1. The fourth-order valence-corrected chi connectivity index (χ4v) is 4.38. The number of rotatable bonds is 6. The maximum absolute atomic E-state index is 13.6. The van der Waals surface area contributed by atoms with Gasteiger partial charge in [0.05, 0.1) is 22.9 Å². The van der Waals surface area contributed by atoms with Crippen LogP contribution in [0.15, 0.2) is 5.38 Å². The lowest BCUT2D eigenvalue weighted by Crippen LogP contribution is -2.42. The monoisotopic (exact) mass is 475 g/mol. The molecule has 3 heterocycles. The van der Waals surface area contributed by atoms with Crippen LogP contribution in [0.25, 0.3) is 10.2 Å². The summed E-state index contributed by atoms with van der Waals surface area (Å²) < 4.78 is 51.1. The third kappa shape index (κ3) is 5.38. The number of ether oxygens (including phenoxy) is 2. The molecular formula is C19H24F3N5O4S. The molecule has 3 rings (SSSR count). The first-order valence-electron chi connectivity index (χ1n) is 9.93. The number of hydrogen-bond donors (Lipinski definition) is 2. The number of alkyl halides is 3. The highest BCUT2D eigenvalue weighted by Crippen LogP contribution is 2.38. The molecule has 0 aromatic carbocycles. The maximum atomic E-state index is 13.6. The van der Waals surface area contributed by atoms with Gasteiger partial charge < -0.3 is 25.0 Å². The first kappa shape index (κ1) is 24.0. The molecule has 1 aliphatic rings. The Morgan fingerprint density at radius 1 is 1.31 bits per heavy atom. The first-order chi connectivity index (χ1) is 15.1. The topological polar surface area (TPSA) is 106 Å². The number of anilines is 1. The fourth-order valence-electron chi connectivity index (χ4n) is 3.39. The molecule has 9 nitrogen and oxygen atoms in total. The molecule has 1 aliphatic heterocycles. The summed E-state index contributed by atoms with van der Waals surface area (Å²) in [6.07, 6.45) is -4.84. The minimum Gasteiger partial charge on any atom is -0.446 e. The van der Waals surface area contributed by atoms with Gasteiger partial charge in [0.15, 0.2) is 5.69 Å². The summed E-state index contributed by atoms with van der Waals surface area (Å²) in [6, 6.07) is -0.214. The van der Waals surface area contributed by atoms with Crippen LogP contribution in [0.2, 0.25) is 0 Å². The smallest absolute Gasteiger partial charge is 0.434 e. The van der Waals surface area contributed by atoms with Crippen molar-refractivity contribution in [2.45, 2.75) is 38.1 Å². The Morgan fingerprint density at radius 3 is 2.59 bits per heavy atom. The molecule has 2 N–H and O–H groups in total. The average Bonchev–Trinajstić information content (AvgIpc) is 3.16. The molecule has 1 saturated heterocycles. The summed E-state index contributed by atoms with van der Waals surface area (Å²) in [6.45, 7) is 2.72. The lowest BCUT2D eigenvalue weighted by Gasteiger charge is -2.32. The van der Waals surface area contributed by atoms with E-state index in [2.05, 4.69) is 20.6 Å². The van der Waals surface area contributed by atoms with Gasteiger partial charge in [-0.1, -0.05) is 0 Å². The van der Waals surface area contributed by atoms with Gasteiger partial charge in [-0.3, -0.25) is 4.79 Å². The van der Waals surface area contributed by atoms with E-state index in [0.717, 1.165) is 11.3 Å². The van der Waals surface area contributed by atoms with E-state index in [4.69, 9.17) is 9.47 Å². The second kappa shape index (κ2) is 9.86. The zero-order valence-electron chi connectivity index (χ0n) is 17.8. The number of amides is 2. The molecule has 2 aromatic heterocycles. The van der Waals surface area contributed by atoms with Crippen LogP contribution in [0.1, 0.15) is 35.8 Å². The molecule has 176 valence electrons. The number of nitrogens with one attached hydrogen (secondary N) is 2. The summed E-state index contributed by atoms with van der Waals surface area (Å²) >= 11 is 0.784. The molecule has 13 heteroatoms. The molecule has 2 aromatic rings. The molecule has 1 atom stereocenters. The van der Waals surface area contributed by atoms with Crippen molar-refractivity contribution in [1.29, 1.82) is 0 Å². The molecular weight excluding hydrogens is 451 g/mol. The van der Waals surface area contributed by atoms with Crippen molar-refractivity contribution < 1.29 is 32.2 Å². The number of carbonyl (C=O) groups is 2. The Hall–Kier alpha value is -2.67. The van der Waals surface area contributed by atoms with Crippen LogP contribution < -0.4 is 15.5 Å². The second-order valence-electron chi connectivity index (χ2n) is 7.37. The Labute approximate surface area is 186 Å². The lowest BCUT2D eigenvalue weighted by molar-refractivity contribution is -0.139. The van der Waals surface area contributed by atoms with E-state index in [9.17, 15) is 22.8 Å². The van der Waals surface area contributed by atoms with Crippen molar-refractivity contribution in [2.75, 3.05) is 38.8 Å². The highest BCUT2D eigenvalue weighted by atomic mass is 32.1. The van der Waals surface area contributed by atoms with Crippen molar-refractivity contribution in [2.24, 2.45) is 0 Å². The number of hydrogen-bond acceptors (Lipinski definition) is 8. The van der Waals surface area contributed by atoms with Gasteiger partial charge in [0.25, 0.3) is 5.91 Å². The van der Waals surface area contributed by atoms with Crippen LogP contribution in [0, 0.1) is 0 Å². The Balaban J connectivity index is 1.76. The maximum Gasteiger partial charge on any atom is 0.434 e. The van der Waals surface area contributed by atoms with Crippen molar-refractivity contribution >= 4 is 39.5 Å². The normalized spacial score (nSPS) is 16.1. The van der Waals surface area contributed by atoms with E-state index in [1.165, 1.54) is 19.5 Å². The predicted molar refractivity (Wildman–Crippen MR) is 112 cm³/mol. The van der Waals surface area contributed by atoms with Crippen molar-refractivity contribution in [3.8, 4) is 0 Å². The lowest BCUT2D eigenvalue weighted by atomic mass is 10.1. The summed E-state index contributed by atoms with van der Waals surface area (Å²) in [5.41, 5.74) is -1.03. The molecule has 0 radical (unpaired) electrons. The highest BCUT2D eigenvalue weighted by molar-refractivity contribution is 7.17. The zero-order valence-corrected chi connectivity index (χ0v) is 18.6. The van der Waals surface area contributed by atoms with Gasteiger partial charge in [-0.2, -0.15) is 13.2 Å². The van der Waals surface area contributed by atoms with E-state index in [1.807, 2.05) is 0 Å². The third-order valence-electron chi connectivity index (χ3n) is 4.92. The van der Waals surface area contributed by atoms with E-state index < -0.39 is 23.9 Å². The molecule has 0 spiro atoms. The van der Waals surface area contributed by atoms with Crippen molar-refractivity contribution in [3.63, 3.8) is 0 Å². The Morgan fingerprint density at radius 2 is 2.00 bits per heavy atom. The van der Waals surface area contributed by atoms with Crippen LogP contribution in [0.3, 0.4) is 0 Å². The molecule has 0 bridgehead atoms. The van der Waals surface area contributed by atoms with Crippen molar-refractivity contribution in [3.05, 3.63) is 16.6 Å². The largest absolute Gasteiger partial charge is 0.446 e. The molecule has 1 fully saturated rings. The molecule has 32 heavy (non-hydrogen) atoms. The second-order valence-corrected chi connectivity index (χ2v) is 8.25. The number of carbonyl (C=O) groups excluding carboxylic acids is 2. The molecule has 0 aliphatic carbocycles. The predicted octanol–water partition coefficient (Wildman–Crippen LogP) is 2.80. The number of halogens is 3. The minimum atomic E-state index is -4.70. The van der Waals surface area contributed by atoms with Crippen molar-refractivity contribution in [1.82, 2.24) is 20.6 Å². The van der Waals surface area contributed by atoms with Crippen LogP contribution in [0.4, 0.5) is 23.9 Å². The summed E-state index contributed by atoms with van der Waals surface area (Å²) in [5.74, 6) is -0.625. The molecule has 2 amide bonds. The minimum absolute atomic E-state index is 0.0310. The van der Waals surface area contributed by atoms with Gasteiger partial charge in [-0.15, -0.1) is 11.3 Å². The fraction of sp³-hybridized carbons (Fsp3) is 0.579. The Kier molecular flexibility index (Phi) is 7.39. The zero-order chi connectivity index (χ0) is 23.5. The first-order valence-corrected chi connectivity index (χ1v) is 10.8. The van der Waals surface area contributed by atoms with E-state index in [1.54, 1.807) is 11.8 Å². The highest BCUT2D eigenvalue weighted by Gasteiger charge is 2.38. The number of piperidine rings is 1. The van der Waals surface area contributed by atoms with Gasteiger partial charge in [0, 0.05) is 45.5 Å². The van der Waals surface area contributed by atoms with E-state index in [0.29, 0.717) is 32.5 Å². The standard InChI is InChI=1S/C19H24F3N5O4S/c1-10(8-30-3)24-18(29)31-11-4-6-27(7-5-11)17-25-13-12(16(28)23-2)9-32-14(13)15(26-17)19(20,21)22/h9-11H,4-8H2,1-3H3,(H,23,28)(H,24,29)/t10-/m0/s1. The SMILES string of the molecule is CNC(=O)c1csc2c(C(F)(F)F)nc(N3CCC(OC(=O)N[C@@H](C)COC)CC3)nc12. The van der Waals surface area contributed by atoms with E-state index in [-0.39, 0.29) is 33.9 Å². The summed E-state index contributed by atoms with van der Waals surface area (Å²) in [7, 11) is 2.92. The van der Waals surface area contributed by atoms with Gasteiger partial charge in [0.2, 0.25) is 5.95 Å². The van der Waals surface area contributed by atoms with Gasteiger partial charge in [-0.25, -0.2) is 14.8 Å². The van der Waals surface area contributed by atoms with E-state index >= 15 is 0 Å². The number of alkyl carbamates (subject to hydrolysis) is 1. The molecule has 0 unspecified atom stereocenters. The number of fused-ring (bicyclic) bond motifs is 1. The number of nitrogens with zero attached hydrogens (tertiary/aromatic N) is 3. The van der Waals surface area contributed by atoms with Crippen LogP contribution in [-0.4, -0.2) is 68.0 Å².